The Morgan fingerprint density at radius 3 is 2.74 bits per heavy atom. The van der Waals surface area contributed by atoms with Gasteiger partial charge in [-0.15, -0.1) is 5.10 Å². The van der Waals surface area contributed by atoms with Crippen LogP contribution in [0.3, 0.4) is 0 Å². The summed E-state index contributed by atoms with van der Waals surface area (Å²) < 4.78 is 4.83. The topological polar surface area (TPSA) is 80.2 Å². The average molecular weight is 361 g/mol. The van der Waals surface area contributed by atoms with Crippen LogP contribution < -0.4 is 10.2 Å². The zero-order valence-corrected chi connectivity index (χ0v) is 14.9. The summed E-state index contributed by atoms with van der Waals surface area (Å²) in [5.74, 6) is 0.674. The Morgan fingerprint density at radius 1 is 1.11 bits per heavy atom. The highest BCUT2D eigenvalue weighted by molar-refractivity contribution is 5.96. The highest BCUT2D eigenvalue weighted by atomic mass is 16.5. The van der Waals surface area contributed by atoms with Crippen molar-refractivity contribution in [2.24, 2.45) is 0 Å². The molecule has 7 heteroatoms. The fourth-order valence-corrected chi connectivity index (χ4v) is 3.17. The molecule has 3 aromatic rings. The number of ether oxygens (including phenoxy) is 1. The molecule has 0 saturated carbocycles. The molecule has 0 radical (unpaired) electrons. The van der Waals surface area contributed by atoms with Gasteiger partial charge in [-0.1, -0.05) is 36.4 Å². The second kappa shape index (κ2) is 7.41. The number of hydrogen-bond acceptors (Lipinski definition) is 7. The monoisotopic (exact) mass is 361 g/mol. The van der Waals surface area contributed by atoms with Gasteiger partial charge in [0, 0.05) is 13.1 Å². The SMILES string of the molecule is COC(=O)c1ccccc1Nc1cnnc(N2CCc3ccccc3C2)n1. The molecule has 7 nitrogen and oxygen atoms in total. The Hall–Kier alpha value is -3.48. The first-order valence-electron chi connectivity index (χ1n) is 8.70. The van der Waals surface area contributed by atoms with E-state index in [1.54, 1.807) is 18.2 Å². The van der Waals surface area contributed by atoms with Crippen LogP contribution in [0.1, 0.15) is 21.5 Å². The van der Waals surface area contributed by atoms with Crippen LogP contribution in [-0.2, 0) is 17.7 Å². The van der Waals surface area contributed by atoms with Crippen molar-refractivity contribution in [1.82, 2.24) is 15.2 Å². The van der Waals surface area contributed by atoms with Gasteiger partial charge in [-0.2, -0.15) is 10.1 Å². The Labute approximate surface area is 157 Å². The molecule has 0 bridgehead atoms. The highest BCUT2D eigenvalue weighted by Gasteiger charge is 2.19. The minimum absolute atomic E-state index is 0.409. The van der Waals surface area contributed by atoms with Crippen LogP contribution in [0.4, 0.5) is 17.5 Å². The molecule has 0 saturated heterocycles. The number of esters is 1. The van der Waals surface area contributed by atoms with E-state index in [9.17, 15) is 4.79 Å². The molecular weight excluding hydrogens is 342 g/mol. The second-order valence-corrected chi connectivity index (χ2v) is 6.24. The van der Waals surface area contributed by atoms with E-state index < -0.39 is 5.97 Å². The van der Waals surface area contributed by atoms with Crippen LogP contribution in [0, 0.1) is 0 Å². The van der Waals surface area contributed by atoms with Gasteiger partial charge in [0.2, 0.25) is 5.95 Å². The van der Waals surface area contributed by atoms with Crippen LogP contribution in [-0.4, -0.2) is 34.8 Å². The fraction of sp³-hybridized carbons (Fsp3) is 0.200. The summed E-state index contributed by atoms with van der Waals surface area (Å²) in [6.45, 7) is 1.58. The van der Waals surface area contributed by atoms with E-state index in [1.165, 1.54) is 24.4 Å². The molecule has 27 heavy (non-hydrogen) atoms. The zero-order chi connectivity index (χ0) is 18.6. The van der Waals surface area contributed by atoms with Crippen LogP contribution in [0.5, 0.6) is 0 Å². The minimum atomic E-state index is -0.409. The summed E-state index contributed by atoms with van der Waals surface area (Å²) in [5.41, 5.74) is 3.69. The lowest BCUT2D eigenvalue weighted by Crippen LogP contribution is -2.32. The Balaban J connectivity index is 1.57. The van der Waals surface area contributed by atoms with E-state index in [0.29, 0.717) is 23.0 Å². The number of nitrogens with zero attached hydrogens (tertiary/aromatic N) is 4. The summed E-state index contributed by atoms with van der Waals surface area (Å²) in [6.07, 6.45) is 2.48. The third-order valence-electron chi connectivity index (χ3n) is 4.56. The fourth-order valence-electron chi connectivity index (χ4n) is 3.17. The molecule has 4 rings (SSSR count). The summed E-state index contributed by atoms with van der Waals surface area (Å²) in [5, 5.41) is 11.4. The maximum Gasteiger partial charge on any atom is 0.339 e. The van der Waals surface area contributed by atoms with E-state index in [-0.39, 0.29) is 0 Å². The Bertz CT molecular complexity index is 976. The van der Waals surface area contributed by atoms with Crippen molar-refractivity contribution in [1.29, 1.82) is 0 Å². The number of hydrogen-bond donors (Lipinski definition) is 1. The molecule has 1 N–H and O–H groups in total. The number of anilines is 3. The molecule has 1 aliphatic rings. The first-order chi connectivity index (χ1) is 13.2. The highest BCUT2D eigenvalue weighted by Crippen LogP contribution is 2.24. The number of rotatable bonds is 4. The van der Waals surface area contributed by atoms with Crippen LogP contribution in [0.25, 0.3) is 0 Å². The lowest BCUT2D eigenvalue weighted by molar-refractivity contribution is 0.0602. The number of para-hydroxylation sites is 1. The van der Waals surface area contributed by atoms with E-state index in [1.807, 2.05) is 12.1 Å². The molecule has 1 aromatic heterocycles. The lowest BCUT2D eigenvalue weighted by Gasteiger charge is -2.28. The molecule has 1 aliphatic heterocycles. The quantitative estimate of drug-likeness (QED) is 0.716. The van der Waals surface area contributed by atoms with Crippen molar-refractivity contribution in [2.45, 2.75) is 13.0 Å². The van der Waals surface area contributed by atoms with Crippen LogP contribution in [0.15, 0.2) is 54.7 Å². The van der Waals surface area contributed by atoms with Crippen molar-refractivity contribution in [3.63, 3.8) is 0 Å². The van der Waals surface area contributed by atoms with Crippen LogP contribution in [0.2, 0.25) is 0 Å². The van der Waals surface area contributed by atoms with Crippen molar-refractivity contribution < 1.29 is 9.53 Å². The van der Waals surface area contributed by atoms with Gasteiger partial charge in [-0.3, -0.25) is 0 Å². The minimum Gasteiger partial charge on any atom is -0.465 e. The van der Waals surface area contributed by atoms with Crippen LogP contribution >= 0.6 is 0 Å². The molecule has 0 aliphatic carbocycles. The van der Waals surface area contributed by atoms with Crippen molar-refractivity contribution >= 4 is 23.4 Å². The van der Waals surface area contributed by atoms with Crippen molar-refractivity contribution in [2.75, 3.05) is 23.9 Å². The van der Waals surface area contributed by atoms with Gasteiger partial charge in [0.25, 0.3) is 0 Å². The maximum atomic E-state index is 11.9. The number of carbonyl (C=O) groups is 1. The Morgan fingerprint density at radius 2 is 1.89 bits per heavy atom. The van der Waals surface area contributed by atoms with Gasteiger partial charge in [-0.25, -0.2) is 4.79 Å². The molecule has 0 spiro atoms. The third kappa shape index (κ3) is 3.57. The smallest absolute Gasteiger partial charge is 0.339 e. The Kier molecular flexibility index (Phi) is 4.65. The molecule has 0 atom stereocenters. The molecule has 136 valence electrons. The van der Waals surface area contributed by atoms with E-state index >= 15 is 0 Å². The second-order valence-electron chi connectivity index (χ2n) is 6.24. The van der Waals surface area contributed by atoms with E-state index in [0.717, 1.165) is 19.5 Å². The van der Waals surface area contributed by atoms with Crippen molar-refractivity contribution in [3.05, 3.63) is 71.4 Å². The predicted molar refractivity (Wildman–Crippen MR) is 102 cm³/mol. The molecule has 0 unspecified atom stereocenters. The molecule has 2 heterocycles. The van der Waals surface area contributed by atoms with Gasteiger partial charge in [0.15, 0.2) is 5.82 Å². The van der Waals surface area contributed by atoms with Crippen molar-refractivity contribution in [3.8, 4) is 0 Å². The van der Waals surface area contributed by atoms with Gasteiger partial charge in [0.1, 0.15) is 0 Å². The number of aromatic nitrogens is 3. The normalized spacial score (nSPS) is 13.0. The summed E-state index contributed by atoms with van der Waals surface area (Å²) in [6, 6.07) is 15.5. The lowest BCUT2D eigenvalue weighted by atomic mass is 10.0. The summed E-state index contributed by atoms with van der Waals surface area (Å²) in [4.78, 5) is 18.6. The largest absolute Gasteiger partial charge is 0.465 e. The van der Waals surface area contributed by atoms with Gasteiger partial charge in [0.05, 0.1) is 24.6 Å². The molecule has 0 amide bonds. The molecular formula is C20H19N5O2. The van der Waals surface area contributed by atoms with Gasteiger partial charge < -0.3 is 15.0 Å². The number of fused-ring (bicyclic) bond motifs is 1. The molecule has 2 aromatic carbocycles. The summed E-state index contributed by atoms with van der Waals surface area (Å²) in [7, 11) is 1.36. The maximum absolute atomic E-state index is 11.9. The number of nitrogens with one attached hydrogen (secondary N) is 1. The zero-order valence-electron chi connectivity index (χ0n) is 14.9. The number of methoxy groups -OCH3 is 1. The van der Waals surface area contributed by atoms with Gasteiger partial charge >= 0.3 is 5.97 Å². The standard InChI is InChI=1S/C20H19N5O2/c1-27-19(26)16-8-4-5-9-17(16)22-18-12-21-24-20(23-18)25-11-10-14-6-2-3-7-15(14)13-25/h2-9,12H,10-11,13H2,1H3,(H,22,23,24). The number of benzene rings is 2. The number of carbonyl (C=O) groups excluding carboxylic acids is 1. The first-order valence-corrected chi connectivity index (χ1v) is 8.70. The predicted octanol–water partition coefficient (Wildman–Crippen LogP) is 2.96. The third-order valence-corrected chi connectivity index (χ3v) is 4.56. The molecule has 0 fully saturated rings. The summed E-state index contributed by atoms with van der Waals surface area (Å²) >= 11 is 0. The van der Waals surface area contributed by atoms with Gasteiger partial charge in [-0.05, 0) is 29.7 Å². The van der Waals surface area contributed by atoms with E-state index in [4.69, 9.17) is 4.74 Å². The first kappa shape index (κ1) is 17.0. The van der Waals surface area contributed by atoms with E-state index in [2.05, 4.69) is 43.6 Å². The average Bonchev–Trinajstić information content (AvgIpc) is 2.73.